The number of anilines is 1. The summed E-state index contributed by atoms with van der Waals surface area (Å²) in [6.07, 6.45) is 11.2. The minimum Gasteiger partial charge on any atom is -0.450 e. The maximum absolute atomic E-state index is 13.2. The lowest BCUT2D eigenvalue weighted by Gasteiger charge is -2.49. The molecule has 4 aromatic carbocycles. The Bertz CT molecular complexity index is 3010. The Kier molecular flexibility index (Phi) is 11.5. The van der Waals surface area contributed by atoms with Gasteiger partial charge in [-0.25, -0.2) is 13.9 Å². The van der Waals surface area contributed by atoms with Gasteiger partial charge in [-0.3, -0.25) is 14.0 Å². The van der Waals surface area contributed by atoms with Crippen LogP contribution in [0, 0.1) is 0 Å². The zero-order chi connectivity index (χ0) is 46.1. The molecule has 9 rings (SSSR count). The number of fused-ring (bicyclic) bond motifs is 7. The zero-order valence-electron chi connectivity index (χ0n) is 38.0. The second-order valence-corrected chi connectivity index (χ2v) is 22.3. The summed E-state index contributed by atoms with van der Waals surface area (Å²) in [7, 11) is -8.49. The standard InChI is InChI=1S/C51H58N4O8S2/c1-6-63-49(56)53-31-29-52(30-32-53)48-37(21-25-43-50(2,3)46-39-15-9-7-13-35(39)19-23-41(46)54(43)28-11-12-34-64(57,58)59)17-18-38(48)22-26-44-51(4,5)47-40-16-10-8-14-36(40)20-24-42(47)55(44)33-27-45(55)65(60,61)62/h7-10,13-16,19-26,45H,6,11-12,17-18,27-34H2,1-5H3/p+2. The van der Waals surface area contributed by atoms with Gasteiger partial charge in [0.15, 0.2) is 13.1 Å². The quantitative estimate of drug-likeness (QED) is 0.0728. The molecule has 2 N–H and O–H groups in total. The first-order chi connectivity index (χ1) is 30.9. The summed E-state index contributed by atoms with van der Waals surface area (Å²) in [5.41, 5.74) is 8.71. The molecular weight excluding hydrogens is 861 g/mol. The third-order valence-electron chi connectivity index (χ3n) is 14.7. The van der Waals surface area contributed by atoms with Crippen molar-refractivity contribution in [2.45, 2.75) is 82.9 Å². The molecule has 4 aliphatic heterocycles. The van der Waals surface area contributed by atoms with E-state index in [1.807, 2.05) is 25.1 Å². The van der Waals surface area contributed by atoms with Crippen molar-refractivity contribution >= 4 is 65.0 Å². The second kappa shape index (κ2) is 16.6. The number of quaternary nitrogens is 1. The van der Waals surface area contributed by atoms with E-state index in [9.17, 15) is 30.7 Å². The van der Waals surface area contributed by atoms with Crippen LogP contribution >= 0.6 is 0 Å². The summed E-state index contributed by atoms with van der Waals surface area (Å²) in [4.78, 5) is 16.9. The van der Waals surface area contributed by atoms with Gasteiger partial charge in [-0.2, -0.15) is 16.8 Å². The van der Waals surface area contributed by atoms with Crippen LogP contribution in [0.2, 0.25) is 0 Å². The van der Waals surface area contributed by atoms with Crippen molar-refractivity contribution in [2.75, 3.05) is 56.5 Å². The smallest absolute Gasteiger partial charge is 0.410 e. The summed E-state index contributed by atoms with van der Waals surface area (Å²) in [5.74, 6) is -0.290. The molecule has 1 saturated carbocycles. The molecule has 65 heavy (non-hydrogen) atoms. The summed E-state index contributed by atoms with van der Waals surface area (Å²) >= 11 is 0. The zero-order valence-corrected chi connectivity index (χ0v) is 39.6. The van der Waals surface area contributed by atoms with Crippen LogP contribution in [0.25, 0.3) is 21.5 Å². The first kappa shape index (κ1) is 45.1. The number of hydrogen-bond acceptors (Lipinski definition) is 7. The number of carbonyl (C=O) groups excluding carboxylic acids is 1. The van der Waals surface area contributed by atoms with Crippen molar-refractivity contribution in [2.24, 2.45) is 0 Å². The van der Waals surface area contributed by atoms with E-state index in [2.05, 4.69) is 116 Å². The molecule has 2 atom stereocenters. The van der Waals surface area contributed by atoms with Crippen molar-refractivity contribution in [1.29, 1.82) is 0 Å². The second-order valence-electron chi connectivity index (χ2n) is 19.1. The van der Waals surface area contributed by atoms with Crippen molar-refractivity contribution in [3.05, 3.63) is 131 Å². The van der Waals surface area contributed by atoms with Crippen LogP contribution in [-0.2, 0) is 35.8 Å². The van der Waals surface area contributed by atoms with Crippen LogP contribution in [0.4, 0.5) is 16.2 Å². The van der Waals surface area contributed by atoms with E-state index in [1.165, 1.54) is 10.9 Å². The summed E-state index contributed by atoms with van der Waals surface area (Å²) < 4.78 is 77.7. The molecule has 14 heteroatoms. The van der Waals surface area contributed by atoms with Crippen LogP contribution in [-0.4, -0.2) is 104 Å². The maximum atomic E-state index is 13.2. The molecule has 4 aromatic rings. The van der Waals surface area contributed by atoms with E-state index < -0.39 is 36.4 Å². The normalized spacial score (nSPS) is 25.1. The predicted octanol–water partition coefficient (Wildman–Crippen LogP) is 9.01. The first-order valence-corrected chi connectivity index (χ1v) is 26.0. The molecule has 12 nitrogen and oxygen atoms in total. The molecule has 1 amide bonds. The molecular formula is C51H60N4O8S2+2. The average Bonchev–Trinajstić information content (AvgIpc) is 3.82. The minimum absolute atomic E-state index is 0.0719. The van der Waals surface area contributed by atoms with Gasteiger partial charge in [-0.05, 0) is 104 Å². The predicted molar refractivity (Wildman–Crippen MR) is 259 cm³/mol. The fraction of sp³-hybridized carbons (Fsp3) is 0.412. The number of piperazine rings is 1. The summed E-state index contributed by atoms with van der Waals surface area (Å²) in [5, 5.41) is 3.47. The lowest BCUT2D eigenvalue weighted by molar-refractivity contribution is -0.537. The molecule has 0 aromatic heterocycles. The highest BCUT2D eigenvalue weighted by Gasteiger charge is 2.66. The van der Waals surface area contributed by atoms with Crippen molar-refractivity contribution in [3.63, 3.8) is 0 Å². The van der Waals surface area contributed by atoms with E-state index in [1.54, 1.807) is 4.90 Å². The Hall–Kier alpha value is -5.12. The van der Waals surface area contributed by atoms with Crippen molar-refractivity contribution < 1.29 is 40.0 Å². The van der Waals surface area contributed by atoms with Gasteiger partial charge in [0.25, 0.3) is 10.1 Å². The van der Waals surface area contributed by atoms with Gasteiger partial charge < -0.3 is 9.64 Å². The number of amides is 1. The Labute approximate surface area is 383 Å². The Morgan fingerprint density at radius 1 is 0.800 bits per heavy atom. The van der Waals surface area contributed by atoms with Gasteiger partial charge >= 0.3 is 16.2 Å². The third kappa shape index (κ3) is 7.74. The van der Waals surface area contributed by atoms with E-state index in [-0.39, 0.29) is 16.3 Å². The molecule has 1 spiro atoms. The molecule has 0 radical (unpaired) electrons. The van der Waals surface area contributed by atoms with Crippen LogP contribution in [0.3, 0.4) is 0 Å². The van der Waals surface area contributed by atoms with Gasteiger partial charge in [-0.1, -0.05) is 74.5 Å². The van der Waals surface area contributed by atoms with Crippen molar-refractivity contribution in [1.82, 2.24) is 9.38 Å². The number of hydrogen-bond donors (Lipinski definition) is 2. The molecule has 1 aliphatic carbocycles. The highest BCUT2D eigenvalue weighted by atomic mass is 32.2. The van der Waals surface area contributed by atoms with E-state index >= 15 is 0 Å². The lowest BCUT2D eigenvalue weighted by Crippen LogP contribution is -2.68. The Morgan fingerprint density at radius 2 is 1.42 bits per heavy atom. The largest absolute Gasteiger partial charge is 0.450 e. The number of ether oxygens (including phenoxy) is 1. The molecule has 2 saturated heterocycles. The van der Waals surface area contributed by atoms with Gasteiger partial charge in [0.05, 0.1) is 43.8 Å². The lowest BCUT2D eigenvalue weighted by atomic mass is 9.80. The van der Waals surface area contributed by atoms with E-state index in [0.717, 1.165) is 74.2 Å². The molecule has 4 heterocycles. The maximum Gasteiger partial charge on any atom is 0.410 e. The van der Waals surface area contributed by atoms with Crippen LogP contribution < -0.4 is 9.38 Å². The fourth-order valence-electron chi connectivity index (χ4n) is 11.7. The van der Waals surface area contributed by atoms with Gasteiger partial charge in [0.2, 0.25) is 11.1 Å². The molecule has 0 bridgehead atoms. The fourth-order valence-corrected chi connectivity index (χ4v) is 13.5. The van der Waals surface area contributed by atoms with Gasteiger partial charge in [0.1, 0.15) is 11.4 Å². The van der Waals surface area contributed by atoms with Crippen LogP contribution in [0.5, 0.6) is 0 Å². The van der Waals surface area contributed by atoms with E-state index in [0.29, 0.717) is 65.1 Å². The van der Waals surface area contributed by atoms with Gasteiger partial charge in [-0.15, -0.1) is 0 Å². The van der Waals surface area contributed by atoms with Crippen molar-refractivity contribution in [3.8, 4) is 0 Å². The number of rotatable bonds is 9. The Morgan fingerprint density at radius 3 is 2.02 bits per heavy atom. The summed E-state index contributed by atoms with van der Waals surface area (Å²) in [6, 6.07) is 25.0. The highest BCUT2D eigenvalue weighted by molar-refractivity contribution is 7.86. The monoisotopic (exact) mass is 920 g/mol. The Balaban J connectivity index is 1.16. The summed E-state index contributed by atoms with van der Waals surface area (Å²) in [6.45, 7) is 14.3. The number of benzene rings is 4. The topological polar surface area (TPSA) is 145 Å². The number of unbranched alkanes of at least 4 members (excludes halogenated alkanes) is 1. The highest BCUT2D eigenvalue weighted by Crippen LogP contribution is 2.60. The molecule has 5 aliphatic rings. The number of allylic oxidation sites excluding steroid dienone is 8. The average molecular weight is 921 g/mol. The van der Waals surface area contributed by atoms with Crippen LogP contribution in [0.15, 0.2) is 120 Å². The molecule has 2 unspecified atom stereocenters. The number of nitrogens with zero attached hydrogens (tertiary/aromatic N) is 4. The minimum atomic E-state index is -4.41. The van der Waals surface area contributed by atoms with Gasteiger partial charge in [0, 0.05) is 46.1 Å². The van der Waals surface area contributed by atoms with E-state index in [4.69, 9.17) is 4.74 Å². The SMILES string of the molecule is CCOC(=O)N1CC[N+](=C2C(=CC=C3N(CCCCS(=O)(=O)O)c4ccc5ccccc5c4C3(C)C)CCC2=CC=C2C(C)(C)c3c(ccc4ccccc34)[N+]23CCC3S(=O)(=O)O)CC1. The van der Waals surface area contributed by atoms with Crippen LogP contribution in [0.1, 0.15) is 77.8 Å². The first-order valence-electron chi connectivity index (χ1n) is 22.9. The number of carbonyl (C=O) groups is 1. The third-order valence-corrected chi connectivity index (χ3v) is 16.8. The molecule has 342 valence electrons. The molecule has 3 fully saturated rings.